The molecular formula is C20H23N5O3. The summed E-state index contributed by atoms with van der Waals surface area (Å²) in [7, 11) is 3.15. The van der Waals surface area contributed by atoms with Crippen molar-refractivity contribution in [2.75, 3.05) is 19.5 Å². The number of ether oxygens (including phenoxy) is 2. The average molecular weight is 381 g/mol. The molecule has 28 heavy (non-hydrogen) atoms. The number of methoxy groups -OCH3 is 2. The summed E-state index contributed by atoms with van der Waals surface area (Å²) in [6, 6.07) is 11.3. The molecule has 3 rings (SSSR count). The van der Waals surface area contributed by atoms with Crippen molar-refractivity contribution in [2.45, 2.75) is 26.2 Å². The Balaban J connectivity index is 1.85. The third-order valence-corrected chi connectivity index (χ3v) is 4.65. The number of aryl methyl sites for hydroxylation is 2. The third kappa shape index (κ3) is 4.28. The van der Waals surface area contributed by atoms with Crippen LogP contribution in [0.15, 0.2) is 36.4 Å². The first-order valence-corrected chi connectivity index (χ1v) is 8.84. The number of aromatic nitrogens is 4. The Kier molecular flexibility index (Phi) is 5.88. The van der Waals surface area contributed by atoms with Crippen LogP contribution in [0.25, 0.3) is 0 Å². The number of carbonyl (C=O) groups is 1. The Hall–Kier alpha value is -3.42. The Bertz CT molecular complexity index is 956. The van der Waals surface area contributed by atoms with E-state index in [9.17, 15) is 4.79 Å². The molecule has 0 saturated carbocycles. The average Bonchev–Trinajstić information content (AvgIpc) is 3.23. The molecule has 2 aromatic carbocycles. The van der Waals surface area contributed by atoms with E-state index >= 15 is 0 Å². The van der Waals surface area contributed by atoms with Crippen LogP contribution < -0.4 is 14.8 Å². The number of H-pyrrole nitrogens is 1. The van der Waals surface area contributed by atoms with Gasteiger partial charge in [0.15, 0.2) is 17.3 Å². The predicted octanol–water partition coefficient (Wildman–Crippen LogP) is 2.80. The van der Waals surface area contributed by atoms with E-state index in [4.69, 9.17) is 9.47 Å². The molecule has 1 atom stereocenters. The fraction of sp³-hybridized carbons (Fsp3) is 0.300. The van der Waals surface area contributed by atoms with Gasteiger partial charge in [0.2, 0.25) is 5.91 Å². The zero-order valence-electron chi connectivity index (χ0n) is 16.3. The van der Waals surface area contributed by atoms with Gasteiger partial charge in [-0.05, 0) is 61.2 Å². The minimum absolute atomic E-state index is 0.209. The lowest BCUT2D eigenvalue weighted by Crippen LogP contribution is -2.24. The summed E-state index contributed by atoms with van der Waals surface area (Å²) in [6.45, 7) is 4.03. The largest absolute Gasteiger partial charge is 0.493 e. The highest BCUT2D eigenvalue weighted by molar-refractivity contribution is 5.95. The van der Waals surface area contributed by atoms with Crippen LogP contribution in [-0.4, -0.2) is 40.8 Å². The van der Waals surface area contributed by atoms with E-state index in [-0.39, 0.29) is 5.91 Å². The minimum Gasteiger partial charge on any atom is -0.493 e. The molecule has 1 aromatic heterocycles. The number of hydrogen-bond donors (Lipinski definition) is 2. The number of hydrogen-bond acceptors (Lipinski definition) is 6. The highest BCUT2D eigenvalue weighted by atomic mass is 16.5. The number of amides is 1. The van der Waals surface area contributed by atoms with Crippen molar-refractivity contribution >= 4 is 11.6 Å². The van der Waals surface area contributed by atoms with Crippen LogP contribution in [0, 0.1) is 13.8 Å². The van der Waals surface area contributed by atoms with E-state index in [0.29, 0.717) is 23.7 Å². The van der Waals surface area contributed by atoms with Gasteiger partial charge in [-0.15, -0.1) is 10.2 Å². The third-order valence-electron chi connectivity index (χ3n) is 4.65. The van der Waals surface area contributed by atoms with Gasteiger partial charge < -0.3 is 14.8 Å². The predicted molar refractivity (Wildman–Crippen MR) is 105 cm³/mol. The van der Waals surface area contributed by atoms with E-state index in [1.807, 2.05) is 50.2 Å². The Morgan fingerprint density at radius 2 is 1.86 bits per heavy atom. The zero-order chi connectivity index (χ0) is 20.1. The molecule has 146 valence electrons. The summed E-state index contributed by atoms with van der Waals surface area (Å²) in [5.41, 5.74) is 3.89. The molecule has 8 heteroatoms. The second-order valence-corrected chi connectivity index (χ2v) is 6.50. The van der Waals surface area contributed by atoms with Gasteiger partial charge in [-0.2, -0.15) is 5.21 Å². The van der Waals surface area contributed by atoms with E-state index in [0.717, 1.165) is 22.4 Å². The molecule has 1 amide bonds. The molecule has 1 heterocycles. The van der Waals surface area contributed by atoms with Crippen molar-refractivity contribution in [3.05, 3.63) is 58.9 Å². The molecular weight excluding hydrogens is 358 g/mol. The summed E-state index contributed by atoms with van der Waals surface area (Å²) in [5, 5.41) is 17.0. The summed E-state index contributed by atoms with van der Waals surface area (Å²) in [6.07, 6.45) is 0.385. The van der Waals surface area contributed by atoms with Gasteiger partial charge in [0.1, 0.15) is 5.92 Å². The van der Waals surface area contributed by atoms with Crippen molar-refractivity contribution in [1.82, 2.24) is 20.6 Å². The molecule has 2 N–H and O–H groups in total. The van der Waals surface area contributed by atoms with E-state index < -0.39 is 5.92 Å². The topological polar surface area (TPSA) is 102 Å². The van der Waals surface area contributed by atoms with Crippen molar-refractivity contribution in [3.8, 4) is 11.5 Å². The summed E-state index contributed by atoms with van der Waals surface area (Å²) in [5.74, 6) is 0.734. The molecule has 8 nitrogen and oxygen atoms in total. The number of rotatable bonds is 7. The van der Waals surface area contributed by atoms with Gasteiger partial charge in [0.05, 0.1) is 14.2 Å². The van der Waals surface area contributed by atoms with Gasteiger partial charge in [0, 0.05) is 5.69 Å². The van der Waals surface area contributed by atoms with Crippen LogP contribution in [0.1, 0.15) is 28.4 Å². The summed E-state index contributed by atoms with van der Waals surface area (Å²) in [4.78, 5) is 13.0. The van der Waals surface area contributed by atoms with Crippen LogP contribution in [0.2, 0.25) is 0 Å². The number of tetrazole rings is 1. The number of nitrogens with one attached hydrogen (secondary N) is 2. The van der Waals surface area contributed by atoms with Gasteiger partial charge in [-0.25, -0.2) is 0 Å². The first-order chi connectivity index (χ1) is 13.5. The molecule has 0 aliphatic heterocycles. The Morgan fingerprint density at radius 1 is 1.07 bits per heavy atom. The minimum atomic E-state index is -0.613. The number of aromatic amines is 1. The molecule has 3 aromatic rings. The molecule has 0 bridgehead atoms. The molecule has 0 aliphatic rings. The Morgan fingerprint density at radius 3 is 2.50 bits per heavy atom. The number of benzene rings is 2. The van der Waals surface area contributed by atoms with Crippen LogP contribution in [-0.2, 0) is 11.2 Å². The van der Waals surface area contributed by atoms with Gasteiger partial charge in [0.25, 0.3) is 0 Å². The SMILES string of the molecule is COc1ccc(CC(C(=O)Nc2ccc(C)c(C)c2)c2nn[nH]n2)cc1OC. The first-order valence-electron chi connectivity index (χ1n) is 8.84. The van der Waals surface area contributed by atoms with Crippen LogP contribution in [0.3, 0.4) is 0 Å². The monoisotopic (exact) mass is 381 g/mol. The lowest BCUT2D eigenvalue weighted by atomic mass is 9.97. The van der Waals surface area contributed by atoms with Gasteiger partial charge in [-0.3, -0.25) is 4.79 Å². The molecule has 0 aliphatic carbocycles. The lowest BCUT2D eigenvalue weighted by Gasteiger charge is -2.16. The van der Waals surface area contributed by atoms with Gasteiger partial charge >= 0.3 is 0 Å². The van der Waals surface area contributed by atoms with Crippen LogP contribution in [0.5, 0.6) is 11.5 Å². The van der Waals surface area contributed by atoms with E-state index in [1.54, 1.807) is 14.2 Å². The van der Waals surface area contributed by atoms with E-state index in [2.05, 4.69) is 25.9 Å². The summed E-state index contributed by atoms with van der Waals surface area (Å²) >= 11 is 0. The second-order valence-electron chi connectivity index (χ2n) is 6.50. The Labute approximate surface area is 163 Å². The summed E-state index contributed by atoms with van der Waals surface area (Å²) < 4.78 is 10.6. The fourth-order valence-electron chi connectivity index (χ4n) is 2.91. The van der Waals surface area contributed by atoms with Crippen molar-refractivity contribution < 1.29 is 14.3 Å². The zero-order valence-corrected chi connectivity index (χ0v) is 16.3. The fourth-order valence-corrected chi connectivity index (χ4v) is 2.91. The highest BCUT2D eigenvalue weighted by Crippen LogP contribution is 2.30. The lowest BCUT2D eigenvalue weighted by molar-refractivity contribution is -0.117. The highest BCUT2D eigenvalue weighted by Gasteiger charge is 2.26. The number of anilines is 1. The maximum absolute atomic E-state index is 13.0. The first kappa shape index (κ1) is 19.3. The van der Waals surface area contributed by atoms with Crippen LogP contribution >= 0.6 is 0 Å². The molecule has 0 fully saturated rings. The normalized spacial score (nSPS) is 11.7. The van der Waals surface area contributed by atoms with Crippen molar-refractivity contribution in [2.24, 2.45) is 0 Å². The molecule has 0 saturated heterocycles. The van der Waals surface area contributed by atoms with Crippen LogP contribution in [0.4, 0.5) is 5.69 Å². The molecule has 0 spiro atoms. The number of nitrogens with zero attached hydrogens (tertiary/aromatic N) is 3. The van der Waals surface area contributed by atoms with Crippen molar-refractivity contribution in [1.29, 1.82) is 0 Å². The second kappa shape index (κ2) is 8.51. The maximum atomic E-state index is 13.0. The smallest absolute Gasteiger partial charge is 0.235 e. The maximum Gasteiger partial charge on any atom is 0.235 e. The quantitative estimate of drug-likeness (QED) is 0.652. The number of carbonyl (C=O) groups excluding carboxylic acids is 1. The standard InChI is InChI=1S/C20H23N5O3/c1-12-5-7-15(9-13(12)2)21-20(26)16(19-22-24-25-23-19)10-14-6-8-17(27-3)18(11-14)28-4/h5-9,11,16H,10H2,1-4H3,(H,21,26)(H,22,23,24,25). The van der Waals surface area contributed by atoms with Gasteiger partial charge in [-0.1, -0.05) is 17.3 Å². The molecule has 1 unspecified atom stereocenters. The van der Waals surface area contributed by atoms with Crippen molar-refractivity contribution in [3.63, 3.8) is 0 Å². The molecule has 0 radical (unpaired) electrons. The van der Waals surface area contributed by atoms with E-state index in [1.165, 1.54) is 0 Å².